The van der Waals surface area contributed by atoms with E-state index in [1.807, 2.05) is 0 Å². The van der Waals surface area contributed by atoms with Crippen LogP contribution >= 0.6 is 11.8 Å². The lowest BCUT2D eigenvalue weighted by Gasteiger charge is -2.33. The van der Waals surface area contributed by atoms with Gasteiger partial charge in [0.05, 0.1) is 0 Å². The Bertz CT molecular complexity index is 388. The number of thioether (sulfide) groups is 1. The molecular weight excluding hydrogens is 252 g/mol. The number of hydrogen-bond donors (Lipinski definition) is 1. The fraction of sp³-hybridized carbons (Fsp3) is 0.625. The van der Waals surface area contributed by atoms with Gasteiger partial charge in [0.15, 0.2) is 0 Å². The summed E-state index contributed by atoms with van der Waals surface area (Å²) >= 11 is 2.10. The van der Waals surface area contributed by atoms with E-state index in [0.717, 1.165) is 12.5 Å². The largest absolute Gasteiger partial charge is 0.329 e. The highest BCUT2D eigenvalue weighted by molar-refractivity contribution is 7.99. The van der Waals surface area contributed by atoms with Gasteiger partial charge < -0.3 is 5.73 Å². The maximum atomic E-state index is 6.09. The van der Waals surface area contributed by atoms with Crippen LogP contribution in [0.4, 0.5) is 0 Å². The van der Waals surface area contributed by atoms with Gasteiger partial charge >= 0.3 is 0 Å². The number of rotatable bonds is 3. The van der Waals surface area contributed by atoms with Crippen molar-refractivity contribution in [1.29, 1.82) is 0 Å². The minimum absolute atomic E-state index is 0.601. The van der Waals surface area contributed by atoms with Crippen LogP contribution in [0.2, 0.25) is 0 Å². The average molecular weight is 276 g/mol. The van der Waals surface area contributed by atoms with E-state index in [4.69, 9.17) is 5.73 Å². The van der Waals surface area contributed by atoms with Gasteiger partial charge in [-0.2, -0.15) is 11.8 Å². The SMILES string of the molecule is NCC(C1CCSC1)N1CCc2ccccc2CC1. The monoisotopic (exact) mass is 276 g/mol. The molecule has 0 aliphatic carbocycles. The summed E-state index contributed by atoms with van der Waals surface area (Å²) in [5, 5.41) is 0. The van der Waals surface area contributed by atoms with Crippen LogP contribution < -0.4 is 5.73 Å². The van der Waals surface area contributed by atoms with Gasteiger partial charge in [0.25, 0.3) is 0 Å². The van der Waals surface area contributed by atoms with Gasteiger partial charge in [-0.1, -0.05) is 24.3 Å². The van der Waals surface area contributed by atoms with Crippen LogP contribution in [0.5, 0.6) is 0 Å². The Kier molecular flexibility index (Phi) is 4.46. The molecule has 2 aliphatic heterocycles. The number of nitrogens with two attached hydrogens (primary N) is 1. The van der Waals surface area contributed by atoms with E-state index < -0.39 is 0 Å². The summed E-state index contributed by atoms with van der Waals surface area (Å²) in [4.78, 5) is 2.66. The fourth-order valence-electron chi connectivity index (χ4n) is 3.51. The molecule has 0 spiro atoms. The summed E-state index contributed by atoms with van der Waals surface area (Å²) in [6, 6.07) is 9.53. The van der Waals surface area contributed by atoms with Crippen molar-refractivity contribution in [1.82, 2.24) is 4.90 Å². The molecule has 2 aliphatic rings. The number of fused-ring (bicyclic) bond motifs is 1. The highest BCUT2D eigenvalue weighted by Crippen LogP contribution is 2.29. The van der Waals surface area contributed by atoms with Crippen LogP contribution in [0, 0.1) is 5.92 Å². The van der Waals surface area contributed by atoms with Crippen molar-refractivity contribution in [3.05, 3.63) is 35.4 Å². The summed E-state index contributed by atoms with van der Waals surface area (Å²) in [6.45, 7) is 3.18. The van der Waals surface area contributed by atoms with Crippen molar-refractivity contribution >= 4 is 11.8 Å². The number of benzene rings is 1. The second kappa shape index (κ2) is 6.29. The molecule has 0 saturated carbocycles. The van der Waals surface area contributed by atoms with Crippen LogP contribution in [0.15, 0.2) is 24.3 Å². The Morgan fingerprint density at radius 2 is 1.89 bits per heavy atom. The Labute approximate surface area is 120 Å². The minimum Gasteiger partial charge on any atom is -0.329 e. The summed E-state index contributed by atoms with van der Waals surface area (Å²) < 4.78 is 0. The Morgan fingerprint density at radius 1 is 1.21 bits per heavy atom. The summed E-state index contributed by atoms with van der Waals surface area (Å²) in [6.07, 6.45) is 3.73. The number of hydrogen-bond acceptors (Lipinski definition) is 3. The summed E-state index contributed by atoms with van der Waals surface area (Å²) in [7, 11) is 0. The molecule has 104 valence electrons. The fourth-order valence-corrected chi connectivity index (χ4v) is 4.84. The second-order valence-electron chi connectivity index (χ2n) is 5.73. The zero-order chi connectivity index (χ0) is 13.1. The molecule has 3 rings (SSSR count). The predicted molar refractivity (Wildman–Crippen MR) is 83.7 cm³/mol. The smallest absolute Gasteiger partial charge is 0.0255 e. The molecule has 3 heteroatoms. The Balaban J connectivity index is 1.69. The lowest BCUT2D eigenvalue weighted by atomic mass is 9.97. The minimum atomic E-state index is 0.601. The van der Waals surface area contributed by atoms with Crippen molar-refractivity contribution in [3.8, 4) is 0 Å². The molecule has 1 aromatic carbocycles. The van der Waals surface area contributed by atoms with Gasteiger partial charge in [-0.05, 0) is 47.8 Å². The molecule has 1 aromatic rings. The molecule has 2 nitrogen and oxygen atoms in total. The first-order chi connectivity index (χ1) is 9.38. The molecule has 1 fully saturated rings. The maximum absolute atomic E-state index is 6.09. The van der Waals surface area contributed by atoms with Crippen LogP contribution in [-0.4, -0.2) is 42.1 Å². The molecule has 2 heterocycles. The Hall–Kier alpha value is -0.510. The first kappa shape index (κ1) is 13.5. The van der Waals surface area contributed by atoms with Crippen molar-refractivity contribution in [2.24, 2.45) is 11.7 Å². The lowest BCUT2D eigenvalue weighted by Crippen LogP contribution is -2.46. The van der Waals surface area contributed by atoms with Crippen molar-refractivity contribution in [3.63, 3.8) is 0 Å². The zero-order valence-corrected chi connectivity index (χ0v) is 12.4. The van der Waals surface area contributed by atoms with Crippen molar-refractivity contribution < 1.29 is 0 Å². The van der Waals surface area contributed by atoms with E-state index in [-0.39, 0.29) is 0 Å². The molecule has 2 atom stereocenters. The van der Waals surface area contributed by atoms with Gasteiger partial charge in [0.2, 0.25) is 0 Å². The quantitative estimate of drug-likeness (QED) is 0.917. The first-order valence-corrected chi connectivity index (χ1v) is 8.62. The molecule has 0 radical (unpaired) electrons. The molecule has 0 aromatic heterocycles. The van der Waals surface area contributed by atoms with Crippen LogP contribution in [0.1, 0.15) is 17.5 Å². The second-order valence-corrected chi connectivity index (χ2v) is 6.88. The highest BCUT2D eigenvalue weighted by Gasteiger charge is 2.29. The Morgan fingerprint density at radius 3 is 2.42 bits per heavy atom. The third kappa shape index (κ3) is 2.99. The van der Waals surface area contributed by atoms with Gasteiger partial charge in [-0.25, -0.2) is 0 Å². The van der Waals surface area contributed by atoms with E-state index in [1.165, 1.54) is 43.9 Å². The van der Waals surface area contributed by atoms with Gasteiger partial charge in [-0.15, -0.1) is 0 Å². The van der Waals surface area contributed by atoms with E-state index in [0.29, 0.717) is 6.04 Å². The summed E-state index contributed by atoms with van der Waals surface area (Å²) in [5.41, 5.74) is 9.17. The van der Waals surface area contributed by atoms with E-state index >= 15 is 0 Å². The topological polar surface area (TPSA) is 29.3 Å². The zero-order valence-electron chi connectivity index (χ0n) is 11.6. The predicted octanol–water partition coefficient (Wildman–Crippen LogP) is 2.17. The van der Waals surface area contributed by atoms with Crippen LogP contribution in [0.25, 0.3) is 0 Å². The normalized spacial score (nSPS) is 25.8. The van der Waals surface area contributed by atoms with E-state index in [9.17, 15) is 0 Å². The molecular formula is C16H24N2S. The molecule has 0 bridgehead atoms. The third-order valence-electron chi connectivity index (χ3n) is 4.67. The standard InChI is InChI=1S/C16H24N2S/c17-11-16(15-7-10-19-12-15)18-8-5-13-3-1-2-4-14(13)6-9-18/h1-4,15-16H,5-12,17H2. The highest BCUT2D eigenvalue weighted by atomic mass is 32.2. The molecule has 2 unspecified atom stereocenters. The number of nitrogens with zero attached hydrogens (tertiary/aromatic N) is 1. The van der Waals surface area contributed by atoms with Crippen molar-refractivity contribution in [2.45, 2.75) is 25.3 Å². The van der Waals surface area contributed by atoms with Crippen molar-refractivity contribution in [2.75, 3.05) is 31.1 Å². The van der Waals surface area contributed by atoms with E-state index in [1.54, 1.807) is 11.1 Å². The molecule has 0 amide bonds. The van der Waals surface area contributed by atoms with E-state index in [2.05, 4.69) is 40.9 Å². The van der Waals surface area contributed by atoms with Gasteiger partial charge in [0, 0.05) is 25.7 Å². The first-order valence-electron chi connectivity index (χ1n) is 7.47. The average Bonchev–Trinajstić information content (AvgIpc) is 2.88. The van der Waals surface area contributed by atoms with Gasteiger partial charge in [-0.3, -0.25) is 4.90 Å². The molecule has 19 heavy (non-hydrogen) atoms. The third-order valence-corrected chi connectivity index (χ3v) is 5.86. The van der Waals surface area contributed by atoms with Gasteiger partial charge in [0.1, 0.15) is 0 Å². The lowest BCUT2D eigenvalue weighted by molar-refractivity contribution is 0.162. The van der Waals surface area contributed by atoms with Crippen LogP contribution in [0.3, 0.4) is 0 Å². The molecule has 1 saturated heterocycles. The van der Waals surface area contributed by atoms with Crippen LogP contribution in [-0.2, 0) is 12.8 Å². The maximum Gasteiger partial charge on any atom is 0.0255 e. The summed E-state index contributed by atoms with van der Waals surface area (Å²) in [5.74, 6) is 3.46. The molecule has 2 N–H and O–H groups in total.